The molecular formula is C12H19F3N2O4. The molecule has 0 saturated carbocycles. The molecule has 0 aromatic rings. The summed E-state index contributed by atoms with van der Waals surface area (Å²) in [5, 5.41) is 13.5. The van der Waals surface area contributed by atoms with E-state index in [1.54, 1.807) is 5.32 Å². The van der Waals surface area contributed by atoms with Crippen LogP contribution in [0.2, 0.25) is 0 Å². The average molecular weight is 312 g/mol. The van der Waals surface area contributed by atoms with Crippen molar-refractivity contribution in [3.63, 3.8) is 0 Å². The minimum absolute atomic E-state index is 0.0614. The van der Waals surface area contributed by atoms with Gasteiger partial charge in [0.15, 0.2) is 0 Å². The minimum Gasteiger partial charge on any atom is -0.479 e. The Balaban J connectivity index is 3.02. The summed E-state index contributed by atoms with van der Waals surface area (Å²) >= 11 is 0. The monoisotopic (exact) mass is 312 g/mol. The third-order valence-electron chi connectivity index (χ3n) is 3.82. The van der Waals surface area contributed by atoms with Crippen molar-refractivity contribution in [3.8, 4) is 0 Å². The van der Waals surface area contributed by atoms with Crippen molar-refractivity contribution in [1.82, 2.24) is 10.6 Å². The van der Waals surface area contributed by atoms with E-state index in [1.165, 1.54) is 7.11 Å². The number of alkyl halides is 3. The van der Waals surface area contributed by atoms with Gasteiger partial charge < -0.3 is 20.5 Å². The summed E-state index contributed by atoms with van der Waals surface area (Å²) in [6.07, 6.45) is -4.55. The van der Waals surface area contributed by atoms with Crippen LogP contribution in [0.15, 0.2) is 0 Å². The molecule has 1 amide bonds. The molecule has 1 aliphatic rings. The molecule has 1 heterocycles. The summed E-state index contributed by atoms with van der Waals surface area (Å²) in [4.78, 5) is 23.3. The Kier molecular flexibility index (Phi) is 5.21. The zero-order valence-corrected chi connectivity index (χ0v) is 11.8. The molecule has 0 radical (unpaired) electrons. The molecule has 0 spiro atoms. The van der Waals surface area contributed by atoms with Crippen LogP contribution in [0.3, 0.4) is 0 Å². The first kappa shape index (κ1) is 17.7. The fourth-order valence-electron chi connectivity index (χ4n) is 2.22. The summed E-state index contributed by atoms with van der Waals surface area (Å²) in [5.74, 6) is -3.10. The zero-order chi connectivity index (χ0) is 16.3. The number of carbonyl (C=O) groups is 2. The number of methoxy groups -OCH3 is 1. The summed E-state index contributed by atoms with van der Waals surface area (Å²) in [6.45, 7) is 1.28. The van der Waals surface area contributed by atoms with Crippen LogP contribution in [0.5, 0.6) is 0 Å². The van der Waals surface area contributed by atoms with E-state index in [2.05, 4.69) is 5.32 Å². The third kappa shape index (κ3) is 3.46. The number of aliphatic carboxylic acids is 1. The molecule has 3 N–H and O–H groups in total. The van der Waals surface area contributed by atoms with E-state index in [0.29, 0.717) is 20.0 Å². The molecule has 1 fully saturated rings. The molecule has 122 valence electrons. The van der Waals surface area contributed by atoms with Gasteiger partial charge in [0.05, 0.1) is 12.0 Å². The number of hydrogen-bond donors (Lipinski definition) is 3. The number of amides is 1. The minimum atomic E-state index is -5.10. The van der Waals surface area contributed by atoms with Gasteiger partial charge in [-0.15, -0.1) is 0 Å². The highest BCUT2D eigenvalue weighted by molar-refractivity contribution is 5.90. The Morgan fingerprint density at radius 1 is 1.33 bits per heavy atom. The van der Waals surface area contributed by atoms with Crippen LogP contribution in [-0.2, 0) is 14.3 Å². The fourth-order valence-corrected chi connectivity index (χ4v) is 2.22. The van der Waals surface area contributed by atoms with Gasteiger partial charge in [0.25, 0.3) is 0 Å². The molecule has 0 aromatic carbocycles. The van der Waals surface area contributed by atoms with Crippen LogP contribution in [0.4, 0.5) is 13.2 Å². The lowest BCUT2D eigenvalue weighted by molar-refractivity contribution is -0.208. The van der Waals surface area contributed by atoms with Gasteiger partial charge in [0, 0.05) is 7.11 Å². The standard InChI is InChI=1S/C12H19F3N2O4/c1-10(9(19)20,12(13,14)15)17-8(18)11(7-21-2)3-5-16-6-4-11/h16H,3-7H2,1-2H3,(H,17,18)(H,19,20). The molecule has 0 bridgehead atoms. The molecule has 0 aliphatic carbocycles. The van der Waals surface area contributed by atoms with E-state index < -0.39 is 29.0 Å². The average Bonchev–Trinajstić information content (AvgIpc) is 2.38. The van der Waals surface area contributed by atoms with Crippen molar-refractivity contribution in [1.29, 1.82) is 0 Å². The predicted octanol–water partition coefficient (Wildman–Crippen LogP) is 0.524. The van der Waals surface area contributed by atoms with Crippen molar-refractivity contribution in [2.75, 3.05) is 26.8 Å². The maximum Gasteiger partial charge on any atom is 0.422 e. The van der Waals surface area contributed by atoms with Gasteiger partial charge in [-0.2, -0.15) is 13.2 Å². The first-order chi connectivity index (χ1) is 9.59. The topological polar surface area (TPSA) is 87.7 Å². The number of carboxylic acids is 1. The van der Waals surface area contributed by atoms with E-state index in [9.17, 15) is 22.8 Å². The number of rotatable bonds is 5. The highest BCUT2D eigenvalue weighted by Crippen LogP contribution is 2.34. The number of halogens is 3. The largest absolute Gasteiger partial charge is 0.479 e. The van der Waals surface area contributed by atoms with Crippen molar-refractivity contribution in [3.05, 3.63) is 0 Å². The maximum absolute atomic E-state index is 13.0. The van der Waals surface area contributed by atoms with Crippen LogP contribution >= 0.6 is 0 Å². The van der Waals surface area contributed by atoms with Crippen molar-refractivity contribution in [2.24, 2.45) is 5.41 Å². The Labute approximate surface area is 120 Å². The van der Waals surface area contributed by atoms with Gasteiger partial charge in [0.1, 0.15) is 0 Å². The lowest BCUT2D eigenvalue weighted by Crippen LogP contribution is -2.65. The van der Waals surface area contributed by atoms with Crippen LogP contribution in [0.25, 0.3) is 0 Å². The molecule has 6 nitrogen and oxygen atoms in total. The van der Waals surface area contributed by atoms with Gasteiger partial charge in [-0.25, -0.2) is 4.79 Å². The normalized spacial score (nSPS) is 21.4. The number of carboxylic acid groups (broad SMARTS) is 1. The van der Waals surface area contributed by atoms with Crippen molar-refractivity contribution < 1.29 is 32.6 Å². The summed E-state index contributed by atoms with van der Waals surface area (Å²) in [5.41, 5.74) is -4.47. The molecule has 0 aromatic heterocycles. The molecule has 1 aliphatic heterocycles. The number of carbonyl (C=O) groups excluding carboxylic acids is 1. The first-order valence-corrected chi connectivity index (χ1v) is 6.41. The summed E-state index contributed by atoms with van der Waals surface area (Å²) < 4.78 is 43.8. The SMILES string of the molecule is COCC1(C(=O)NC(C)(C(=O)O)C(F)(F)F)CCNCC1. The molecule has 21 heavy (non-hydrogen) atoms. The predicted molar refractivity (Wildman–Crippen MR) is 66.7 cm³/mol. The van der Waals surface area contributed by atoms with E-state index in [0.717, 1.165) is 0 Å². The molecule has 9 heteroatoms. The number of ether oxygens (including phenoxy) is 1. The van der Waals surface area contributed by atoms with Crippen molar-refractivity contribution >= 4 is 11.9 Å². The zero-order valence-electron chi connectivity index (χ0n) is 11.8. The molecule has 1 atom stereocenters. The summed E-state index contributed by atoms with van der Waals surface area (Å²) in [7, 11) is 1.34. The lowest BCUT2D eigenvalue weighted by Gasteiger charge is -2.38. The summed E-state index contributed by atoms with van der Waals surface area (Å²) in [6, 6.07) is 0. The molecular weight excluding hydrogens is 293 g/mol. The quantitative estimate of drug-likeness (QED) is 0.689. The van der Waals surface area contributed by atoms with Crippen LogP contribution in [0.1, 0.15) is 19.8 Å². The van der Waals surface area contributed by atoms with Gasteiger partial charge in [-0.05, 0) is 32.9 Å². The van der Waals surface area contributed by atoms with E-state index >= 15 is 0 Å². The Morgan fingerprint density at radius 3 is 2.24 bits per heavy atom. The van der Waals surface area contributed by atoms with E-state index in [1.807, 2.05) is 0 Å². The van der Waals surface area contributed by atoms with E-state index in [-0.39, 0.29) is 19.4 Å². The Morgan fingerprint density at radius 2 is 1.86 bits per heavy atom. The van der Waals surface area contributed by atoms with Gasteiger partial charge in [-0.3, -0.25) is 4.79 Å². The smallest absolute Gasteiger partial charge is 0.422 e. The number of nitrogens with one attached hydrogen (secondary N) is 2. The second-order valence-corrected chi connectivity index (χ2v) is 5.35. The third-order valence-corrected chi connectivity index (χ3v) is 3.82. The van der Waals surface area contributed by atoms with Crippen LogP contribution < -0.4 is 10.6 Å². The highest BCUT2D eigenvalue weighted by Gasteiger charge is 2.60. The van der Waals surface area contributed by atoms with Gasteiger partial charge in [0.2, 0.25) is 11.4 Å². The second-order valence-electron chi connectivity index (χ2n) is 5.35. The fraction of sp³-hybridized carbons (Fsp3) is 0.833. The molecule has 1 saturated heterocycles. The van der Waals surface area contributed by atoms with Crippen LogP contribution in [-0.4, -0.2) is 55.5 Å². The van der Waals surface area contributed by atoms with E-state index in [4.69, 9.17) is 9.84 Å². The van der Waals surface area contributed by atoms with Crippen molar-refractivity contribution in [2.45, 2.75) is 31.5 Å². The number of piperidine rings is 1. The van der Waals surface area contributed by atoms with Gasteiger partial charge in [-0.1, -0.05) is 0 Å². The molecule has 1 rings (SSSR count). The maximum atomic E-state index is 13.0. The van der Waals surface area contributed by atoms with Gasteiger partial charge >= 0.3 is 12.1 Å². The first-order valence-electron chi connectivity index (χ1n) is 6.41. The second kappa shape index (κ2) is 6.18. The Bertz CT molecular complexity index is 402. The lowest BCUT2D eigenvalue weighted by atomic mass is 9.78. The number of hydrogen-bond acceptors (Lipinski definition) is 4. The Hall–Kier alpha value is -1.35. The highest BCUT2D eigenvalue weighted by atomic mass is 19.4. The molecule has 1 unspecified atom stereocenters. The van der Waals surface area contributed by atoms with Crippen LogP contribution in [0, 0.1) is 5.41 Å².